The Bertz CT molecular complexity index is 262. The smallest absolute Gasteiger partial charge is 0.0373 e. The van der Waals surface area contributed by atoms with E-state index in [1.807, 2.05) is 26.2 Å². The lowest BCUT2D eigenvalue weighted by Crippen LogP contribution is -2.05. The van der Waals surface area contributed by atoms with E-state index < -0.39 is 0 Å². The molecule has 0 amide bonds. The number of hydrogen-bond donors (Lipinski definition) is 1. The van der Waals surface area contributed by atoms with Crippen LogP contribution < -0.4 is 5.32 Å². The van der Waals surface area contributed by atoms with Gasteiger partial charge in [-0.05, 0) is 38.6 Å². The van der Waals surface area contributed by atoms with Crippen molar-refractivity contribution in [2.24, 2.45) is 0 Å². The molecule has 0 fully saturated rings. The molecule has 70 valence electrons. The molecule has 1 aromatic heterocycles. The standard InChI is InChI=1S/C11H16N2/c1-10-6-7-11(9-13-10)5-3-4-8-12-2/h3,5-7,9,12H,4,8H2,1-2H3/b5-3+. The van der Waals surface area contributed by atoms with Gasteiger partial charge >= 0.3 is 0 Å². The summed E-state index contributed by atoms with van der Waals surface area (Å²) in [7, 11) is 1.96. The first kappa shape index (κ1) is 9.93. The van der Waals surface area contributed by atoms with Gasteiger partial charge in [-0.3, -0.25) is 4.98 Å². The summed E-state index contributed by atoms with van der Waals surface area (Å²) in [5.41, 5.74) is 2.23. The molecule has 1 heterocycles. The minimum Gasteiger partial charge on any atom is -0.319 e. The van der Waals surface area contributed by atoms with Crippen LogP contribution in [0.15, 0.2) is 24.4 Å². The molecule has 0 aliphatic rings. The van der Waals surface area contributed by atoms with Crippen molar-refractivity contribution in [2.75, 3.05) is 13.6 Å². The normalized spacial score (nSPS) is 10.9. The Morgan fingerprint density at radius 2 is 2.31 bits per heavy atom. The summed E-state index contributed by atoms with van der Waals surface area (Å²) >= 11 is 0. The van der Waals surface area contributed by atoms with Crippen LogP contribution in [0.4, 0.5) is 0 Å². The molecule has 0 radical (unpaired) electrons. The van der Waals surface area contributed by atoms with Crippen molar-refractivity contribution in [3.05, 3.63) is 35.7 Å². The molecular weight excluding hydrogens is 160 g/mol. The van der Waals surface area contributed by atoms with Crippen molar-refractivity contribution < 1.29 is 0 Å². The van der Waals surface area contributed by atoms with Crippen LogP contribution in [0.5, 0.6) is 0 Å². The maximum absolute atomic E-state index is 4.21. The van der Waals surface area contributed by atoms with E-state index in [0.717, 1.165) is 18.7 Å². The fourth-order valence-corrected chi connectivity index (χ4v) is 1.02. The Hall–Kier alpha value is -1.15. The van der Waals surface area contributed by atoms with Crippen LogP contribution in [0.3, 0.4) is 0 Å². The molecule has 1 aromatic rings. The second-order valence-electron chi connectivity index (χ2n) is 3.03. The summed E-state index contributed by atoms with van der Waals surface area (Å²) < 4.78 is 0. The molecule has 2 heteroatoms. The summed E-state index contributed by atoms with van der Waals surface area (Å²) in [6, 6.07) is 4.11. The maximum Gasteiger partial charge on any atom is 0.0373 e. The highest BCUT2D eigenvalue weighted by molar-refractivity contribution is 5.47. The molecule has 0 aliphatic heterocycles. The zero-order chi connectivity index (χ0) is 9.52. The molecular formula is C11H16N2. The fourth-order valence-electron chi connectivity index (χ4n) is 1.02. The lowest BCUT2D eigenvalue weighted by Gasteiger charge is -1.94. The number of hydrogen-bond acceptors (Lipinski definition) is 2. The van der Waals surface area contributed by atoms with Gasteiger partial charge in [-0.25, -0.2) is 0 Å². The monoisotopic (exact) mass is 176 g/mol. The van der Waals surface area contributed by atoms with Crippen LogP contribution in [-0.4, -0.2) is 18.6 Å². The van der Waals surface area contributed by atoms with E-state index in [0.29, 0.717) is 0 Å². The Balaban J connectivity index is 2.44. The quantitative estimate of drug-likeness (QED) is 0.710. The van der Waals surface area contributed by atoms with Gasteiger partial charge in [0.2, 0.25) is 0 Å². The first-order valence-corrected chi connectivity index (χ1v) is 4.56. The van der Waals surface area contributed by atoms with Gasteiger partial charge in [-0.1, -0.05) is 18.2 Å². The predicted molar refractivity (Wildman–Crippen MR) is 56.6 cm³/mol. The molecule has 0 atom stereocenters. The van der Waals surface area contributed by atoms with Crippen molar-refractivity contribution >= 4 is 6.08 Å². The highest BCUT2D eigenvalue weighted by Crippen LogP contribution is 2.01. The van der Waals surface area contributed by atoms with Crippen molar-refractivity contribution in [1.29, 1.82) is 0 Å². The Kier molecular flexibility index (Phi) is 4.19. The number of pyridine rings is 1. The van der Waals surface area contributed by atoms with Gasteiger partial charge in [0.05, 0.1) is 0 Å². The highest BCUT2D eigenvalue weighted by Gasteiger charge is 1.86. The molecule has 0 spiro atoms. The van der Waals surface area contributed by atoms with Gasteiger partial charge in [-0.2, -0.15) is 0 Å². The summed E-state index contributed by atoms with van der Waals surface area (Å²) in [5.74, 6) is 0. The second-order valence-corrected chi connectivity index (χ2v) is 3.03. The van der Waals surface area contributed by atoms with Gasteiger partial charge < -0.3 is 5.32 Å². The lowest BCUT2D eigenvalue weighted by molar-refractivity contribution is 0.809. The Morgan fingerprint density at radius 3 is 2.92 bits per heavy atom. The van der Waals surface area contributed by atoms with Crippen LogP contribution in [-0.2, 0) is 0 Å². The first-order valence-electron chi connectivity index (χ1n) is 4.56. The molecule has 1 rings (SSSR count). The van der Waals surface area contributed by atoms with E-state index in [4.69, 9.17) is 0 Å². The summed E-state index contributed by atoms with van der Waals surface area (Å²) in [6.07, 6.45) is 7.21. The first-order chi connectivity index (χ1) is 6.33. The van der Waals surface area contributed by atoms with Crippen LogP contribution in [0.2, 0.25) is 0 Å². The third-order valence-electron chi connectivity index (χ3n) is 1.81. The fraction of sp³-hybridized carbons (Fsp3) is 0.364. The maximum atomic E-state index is 4.21. The molecule has 0 aromatic carbocycles. The largest absolute Gasteiger partial charge is 0.319 e. The van der Waals surface area contributed by atoms with E-state index in [2.05, 4.69) is 28.5 Å². The summed E-state index contributed by atoms with van der Waals surface area (Å²) in [6.45, 7) is 3.02. The van der Waals surface area contributed by atoms with Crippen LogP contribution in [0.1, 0.15) is 17.7 Å². The van der Waals surface area contributed by atoms with Gasteiger partial charge in [0, 0.05) is 11.9 Å². The van der Waals surface area contributed by atoms with E-state index in [1.54, 1.807) is 0 Å². The predicted octanol–water partition coefficient (Wildman–Crippen LogP) is 2.01. The molecule has 0 saturated carbocycles. The number of aromatic nitrogens is 1. The zero-order valence-electron chi connectivity index (χ0n) is 8.25. The Morgan fingerprint density at radius 1 is 1.46 bits per heavy atom. The van der Waals surface area contributed by atoms with E-state index in [1.165, 1.54) is 5.56 Å². The number of nitrogens with zero attached hydrogens (tertiary/aromatic N) is 1. The second kappa shape index (κ2) is 5.49. The van der Waals surface area contributed by atoms with Crippen molar-refractivity contribution in [2.45, 2.75) is 13.3 Å². The van der Waals surface area contributed by atoms with E-state index >= 15 is 0 Å². The summed E-state index contributed by atoms with van der Waals surface area (Å²) in [4.78, 5) is 4.21. The molecule has 0 saturated heterocycles. The molecule has 0 aliphatic carbocycles. The zero-order valence-corrected chi connectivity index (χ0v) is 8.25. The van der Waals surface area contributed by atoms with Crippen molar-refractivity contribution in [3.63, 3.8) is 0 Å². The van der Waals surface area contributed by atoms with Crippen molar-refractivity contribution in [3.8, 4) is 0 Å². The van der Waals surface area contributed by atoms with Crippen LogP contribution >= 0.6 is 0 Å². The Labute approximate surface area is 79.7 Å². The minimum atomic E-state index is 1.02. The number of nitrogens with one attached hydrogen (secondary N) is 1. The average molecular weight is 176 g/mol. The molecule has 0 bridgehead atoms. The molecule has 2 nitrogen and oxygen atoms in total. The average Bonchev–Trinajstić information content (AvgIpc) is 2.15. The number of rotatable bonds is 4. The third kappa shape index (κ3) is 3.85. The molecule has 1 N–H and O–H groups in total. The van der Waals surface area contributed by atoms with Crippen molar-refractivity contribution in [1.82, 2.24) is 10.3 Å². The van der Waals surface area contributed by atoms with E-state index in [9.17, 15) is 0 Å². The van der Waals surface area contributed by atoms with E-state index in [-0.39, 0.29) is 0 Å². The minimum absolute atomic E-state index is 1.02. The third-order valence-corrected chi connectivity index (χ3v) is 1.81. The van der Waals surface area contributed by atoms with Gasteiger partial charge in [0.15, 0.2) is 0 Å². The highest BCUT2D eigenvalue weighted by atomic mass is 14.8. The van der Waals surface area contributed by atoms with Gasteiger partial charge in [-0.15, -0.1) is 0 Å². The topological polar surface area (TPSA) is 24.9 Å². The van der Waals surface area contributed by atoms with Crippen LogP contribution in [0.25, 0.3) is 6.08 Å². The lowest BCUT2D eigenvalue weighted by atomic mass is 10.2. The van der Waals surface area contributed by atoms with Gasteiger partial charge in [0.25, 0.3) is 0 Å². The van der Waals surface area contributed by atoms with Gasteiger partial charge in [0.1, 0.15) is 0 Å². The summed E-state index contributed by atoms with van der Waals surface area (Å²) in [5, 5.41) is 3.10. The SMILES string of the molecule is CNCC/C=C/c1ccc(C)nc1. The van der Waals surface area contributed by atoms with Crippen LogP contribution in [0, 0.1) is 6.92 Å². The molecule has 13 heavy (non-hydrogen) atoms. The number of aryl methyl sites for hydroxylation is 1. The molecule has 0 unspecified atom stereocenters.